The van der Waals surface area contributed by atoms with Gasteiger partial charge < -0.3 is 4.57 Å². The summed E-state index contributed by atoms with van der Waals surface area (Å²) in [5.74, 6) is 0. The summed E-state index contributed by atoms with van der Waals surface area (Å²) in [6.07, 6.45) is 1.69. The van der Waals surface area contributed by atoms with E-state index < -0.39 is 9.85 Å². The number of rotatable bonds is 6. The minimum absolute atomic E-state index is 0.000950. The summed E-state index contributed by atoms with van der Waals surface area (Å²) >= 11 is 1.34. The summed E-state index contributed by atoms with van der Waals surface area (Å²) in [5, 5.41) is 23.8. The van der Waals surface area contributed by atoms with Crippen molar-refractivity contribution in [2.45, 2.75) is 6.54 Å². The second kappa shape index (κ2) is 7.75. The Morgan fingerprint density at radius 1 is 1.07 bits per heavy atom. The molecule has 0 N–H and O–H groups in total. The minimum Gasteiger partial charge on any atom is -0.313 e. The van der Waals surface area contributed by atoms with Crippen molar-refractivity contribution < 1.29 is 9.85 Å². The molecule has 0 bridgehead atoms. The second-order valence-corrected chi connectivity index (χ2v) is 6.34. The zero-order chi connectivity index (χ0) is 19.4. The van der Waals surface area contributed by atoms with Crippen LogP contribution in [0.1, 0.15) is 0 Å². The van der Waals surface area contributed by atoms with Crippen LogP contribution < -0.4 is 4.80 Å². The van der Waals surface area contributed by atoms with Crippen LogP contribution in [0.4, 0.5) is 17.1 Å². The molecule has 8 nitrogen and oxygen atoms in total. The second-order valence-electron chi connectivity index (χ2n) is 5.50. The highest BCUT2D eigenvalue weighted by Gasteiger charge is 2.12. The molecule has 0 aliphatic heterocycles. The topological polar surface area (TPSA) is 104 Å². The monoisotopic (exact) mass is 382 g/mol. The van der Waals surface area contributed by atoms with Crippen LogP contribution in [0.15, 0.2) is 71.6 Å². The predicted molar refractivity (Wildman–Crippen MR) is 103 cm³/mol. The lowest BCUT2D eigenvalue weighted by Gasteiger charge is -2.06. The summed E-state index contributed by atoms with van der Waals surface area (Å²) in [7, 11) is 0. The molecule has 0 amide bonds. The van der Waals surface area contributed by atoms with Crippen LogP contribution in [0.25, 0.3) is 11.3 Å². The molecule has 0 aliphatic carbocycles. The first-order valence-corrected chi connectivity index (χ1v) is 8.71. The summed E-state index contributed by atoms with van der Waals surface area (Å²) < 4.78 is 1.86. The standard InChI is InChI=1S/C18H14N4O4S/c1-2-9-20-17(13-5-3-7-15(10-13)21(23)24)12-27-18(20)19-14-6-4-8-16(11-14)22(25)26/h2-8,10-12H,1,9H2. The average molecular weight is 382 g/mol. The van der Waals surface area contributed by atoms with Crippen LogP contribution in [0.3, 0.4) is 0 Å². The van der Waals surface area contributed by atoms with E-state index in [0.29, 0.717) is 22.6 Å². The molecule has 27 heavy (non-hydrogen) atoms. The van der Waals surface area contributed by atoms with E-state index in [1.54, 1.807) is 30.3 Å². The quantitative estimate of drug-likeness (QED) is 0.357. The molecule has 3 aromatic rings. The highest BCUT2D eigenvalue weighted by molar-refractivity contribution is 7.07. The zero-order valence-corrected chi connectivity index (χ0v) is 14.8. The van der Waals surface area contributed by atoms with Gasteiger partial charge in [-0.25, -0.2) is 4.99 Å². The van der Waals surface area contributed by atoms with E-state index in [1.807, 2.05) is 9.95 Å². The van der Waals surface area contributed by atoms with Crippen molar-refractivity contribution in [1.82, 2.24) is 4.57 Å². The molecule has 0 aliphatic rings. The normalized spacial score (nSPS) is 11.3. The van der Waals surface area contributed by atoms with Gasteiger partial charge in [0, 0.05) is 41.8 Å². The van der Waals surface area contributed by atoms with E-state index in [-0.39, 0.29) is 11.4 Å². The lowest BCUT2D eigenvalue weighted by atomic mass is 10.1. The maximum absolute atomic E-state index is 11.0. The molecule has 0 unspecified atom stereocenters. The maximum atomic E-state index is 11.0. The number of aromatic nitrogens is 1. The number of nitrogens with zero attached hydrogens (tertiary/aromatic N) is 4. The Labute approximate surface area is 157 Å². The average Bonchev–Trinajstić information content (AvgIpc) is 3.05. The fourth-order valence-corrected chi connectivity index (χ4v) is 3.46. The van der Waals surface area contributed by atoms with Crippen molar-refractivity contribution in [2.75, 3.05) is 0 Å². The third-order valence-electron chi connectivity index (χ3n) is 3.73. The van der Waals surface area contributed by atoms with E-state index in [1.165, 1.54) is 35.6 Å². The van der Waals surface area contributed by atoms with Gasteiger partial charge in [0.25, 0.3) is 11.4 Å². The molecule has 0 fully saturated rings. The molecule has 3 rings (SSSR count). The smallest absolute Gasteiger partial charge is 0.271 e. The highest BCUT2D eigenvalue weighted by Crippen LogP contribution is 2.25. The zero-order valence-electron chi connectivity index (χ0n) is 14.0. The third-order valence-corrected chi connectivity index (χ3v) is 4.59. The van der Waals surface area contributed by atoms with Crippen molar-refractivity contribution in [1.29, 1.82) is 0 Å². The van der Waals surface area contributed by atoms with Gasteiger partial charge in [-0.3, -0.25) is 20.2 Å². The fraction of sp³-hybridized carbons (Fsp3) is 0.0556. The lowest BCUT2D eigenvalue weighted by Crippen LogP contribution is -2.14. The summed E-state index contributed by atoms with van der Waals surface area (Å²) in [4.78, 5) is 26.2. The van der Waals surface area contributed by atoms with Crippen LogP contribution in [0.2, 0.25) is 0 Å². The largest absolute Gasteiger partial charge is 0.313 e. The number of thiazole rings is 1. The van der Waals surface area contributed by atoms with Crippen molar-refractivity contribution >= 4 is 28.4 Å². The molecule has 0 radical (unpaired) electrons. The Hall–Kier alpha value is -3.59. The summed E-state index contributed by atoms with van der Waals surface area (Å²) in [5.41, 5.74) is 1.85. The van der Waals surface area contributed by atoms with E-state index >= 15 is 0 Å². The van der Waals surface area contributed by atoms with Crippen molar-refractivity contribution in [3.8, 4) is 11.3 Å². The Morgan fingerprint density at radius 2 is 1.74 bits per heavy atom. The van der Waals surface area contributed by atoms with Gasteiger partial charge in [0.1, 0.15) is 0 Å². The number of nitro groups is 2. The number of non-ortho nitro benzene ring substituents is 2. The van der Waals surface area contributed by atoms with Crippen LogP contribution in [0, 0.1) is 20.2 Å². The van der Waals surface area contributed by atoms with Gasteiger partial charge in [-0.15, -0.1) is 17.9 Å². The van der Waals surface area contributed by atoms with E-state index in [0.717, 1.165) is 5.69 Å². The fourth-order valence-electron chi connectivity index (χ4n) is 2.52. The number of hydrogen-bond donors (Lipinski definition) is 0. The maximum Gasteiger partial charge on any atom is 0.271 e. The first-order valence-electron chi connectivity index (χ1n) is 7.83. The van der Waals surface area contributed by atoms with Crippen LogP contribution in [-0.4, -0.2) is 14.4 Å². The van der Waals surface area contributed by atoms with Crippen molar-refractivity contribution in [3.63, 3.8) is 0 Å². The minimum atomic E-state index is -0.472. The summed E-state index contributed by atoms with van der Waals surface area (Å²) in [6, 6.07) is 12.4. The predicted octanol–water partition coefficient (Wildman–Crippen LogP) is 4.45. The van der Waals surface area contributed by atoms with Gasteiger partial charge in [-0.2, -0.15) is 0 Å². The Kier molecular flexibility index (Phi) is 5.23. The molecule has 0 saturated heterocycles. The molecule has 2 aromatic carbocycles. The van der Waals surface area contributed by atoms with Crippen LogP contribution >= 0.6 is 11.3 Å². The van der Waals surface area contributed by atoms with E-state index in [9.17, 15) is 20.2 Å². The van der Waals surface area contributed by atoms with Gasteiger partial charge in [-0.1, -0.05) is 24.3 Å². The molecule has 9 heteroatoms. The van der Waals surface area contributed by atoms with Gasteiger partial charge in [-0.05, 0) is 6.07 Å². The van der Waals surface area contributed by atoms with Gasteiger partial charge in [0.2, 0.25) is 0 Å². The highest BCUT2D eigenvalue weighted by atomic mass is 32.1. The molecule has 0 atom stereocenters. The van der Waals surface area contributed by atoms with Crippen LogP contribution in [0.5, 0.6) is 0 Å². The SMILES string of the molecule is C=CCn1c(-c2cccc([N+](=O)[O-])c2)csc1=Nc1cccc([N+](=O)[O-])c1. The molecular formula is C18H14N4O4S. The Bertz CT molecular complexity index is 1100. The number of allylic oxidation sites excluding steroid dienone is 1. The van der Waals surface area contributed by atoms with Crippen molar-refractivity contribution in [3.05, 3.63) is 91.6 Å². The van der Waals surface area contributed by atoms with Gasteiger partial charge >= 0.3 is 0 Å². The molecule has 1 aromatic heterocycles. The Balaban J connectivity index is 2.12. The third kappa shape index (κ3) is 3.98. The van der Waals surface area contributed by atoms with E-state index in [2.05, 4.69) is 11.6 Å². The number of nitro benzene ring substituents is 2. The number of benzene rings is 2. The summed E-state index contributed by atoms with van der Waals surface area (Å²) in [6.45, 7) is 4.19. The van der Waals surface area contributed by atoms with Crippen molar-refractivity contribution in [2.24, 2.45) is 4.99 Å². The lowest BCUT2D eigenvalue weighted by molar-refractivity contribution is -0.385. The molecular weight excluding hydrogens is 368 g/mol. The molecule has 0 spiro atoms. The molecule has 1 heterocycles. The Morgan fingerprint density at radius 3 is 2.41 bits per heavy atom. The first kappa shape index (κ1) is 18.2. The van der Waals surface area contributed by atoms with E-state index in [4.69, 9.17) is 0 Å². The molecule has 136 valence electrons. The number of hydrogen-bond acceptors (Lipinski definition) is 6. The first-order chi connectivity index (χ1) is 13.0. The van der Waals surface area contributed by atoms with Crippen LogP contribution in [-0.2, 0) is 6.54 Å². The molecule has 0 saturated carbocycles. The van der Waals surface area contributed by atoms with Gasteiger partial charge in [0.15, 0.2) is 4.80 Å². The van der Waals surface area contributed by atoms with Gasteiger partial charge in [0.05, 0.1) is 21.2 Å².